The fourth-order valence-corrected chi connectivity index (χ4v) is 2.66. The van der Waals surface area contributed by atoms with Crippen molar-refractivity contribution in [2.24, 2.45) is 0 Å². The first-order valence-electron chi connectivity index (χ1n) is 7.92. The van der Waals surface area contributed by atoms with Crippen LogP contribution in [0.4, 0.5) is 0 Å². The number of carbonyl (C=O) groups is 1. The molecule has 1 aromatic carbocycles. The zero-order valence-electron chi connectivity index (χ0n) is 13.3. The van der Waals surface area contributed by atoms with Gasteiger partial charge in [0.25, 0.3) is 0 Å². The minimum Gasteiger partial charge on any atom is -0.446 e. The van der Waals surface area contributed by atoms with Crippen LogP contribution in [0.5, 0.6) is 0 Å². The molecule has 0 fully saturated rings. The Bertz CT molecular complexity index is 925. The highest BCUT2D eigenvalue weighted by Crippen LogP contribution is 2.25. The number of aromatic nitrogens is 3. The molecule has 0 N–H and O–H groups in total. The van der Waals surface area contributed by atoms with Crippen LogP contribution in [0, 0.1) is 0 Å². The summed E-state index contributed by atoms with van der Waals surface area (Å²) < 4.78 is 7.55. The van der Waals surface area contributed by atoms with Gasteiger partial charge in [0.1, 0.15) is 5.65 Å². The molecule has 3 heterocycles. The molecule has 1 atom stereocenters. The van der Waals surface area contributed by atoms with Gasteiger partial charge in [-0.25, -0.2) is 9.78 Å². The van der Waals surface area contributed by atoms with Crippen molar-refractivity contribution in [3.05, 3.63) is 102 Å². The average Bonchev–Trinajstić information content (AvgIpc) is 3.12. The Balaban J connectivity index is 1.67. The van der Waals surface area contributed by atoms with Crippen LogP contribution in [0.25, 0.3) is 5.65 Å². The minimum absolute atomic E-state index is 0.267. The van der Waals surface area contributed by atoms with Gasteiger partial charge >= 0.3 is 5.97 Å². The molecule has 0 amide bonds. The van der Waals surface area contributed by atoms with Gasteiger partial charge < -0.3 is 9.14 Å². The number of esters is 1. The third kappa shape index (κ3) is 3.12. The van der Waals surface area contributed by atoms with E-state index < -0.39 is 12.1 Å². The van der Waals surface area contributed by atoms with E-state index in [4.69, 9.17) is 4.74 Å². The van der Waals surface area contributed by atoms with Gasteiger partial charge in [-0.15, -0.1) is 0 Å². The SMILES string of the molecule is O=C(O[C@@H](c1ccccc1)c1ccccn1)c1cn2ccccc2n1. The normalized spacial score (nSPS) is 12.0. The van der Waals surface area contributed by atoms with Crippen molar-refractivity contribution in [3.63, 3.8) is 0 Å². The molecule has 0 aliphatic carbocycles. The van der Waals surface area contributed by atoms with E-state index >= 15 is 0 Å². The Morgan fingerprint density at radius 2 is 1.76 bits per heavy atom. The number of pyridine rings is 2. The van der Waals surface area contributed by atoms with Crippen molar-refractivity contribution in [2.45, 2.75) is 6.10 Å². The summed E-state index contributed by atoms with van der Waals surface area (Å²) in [6.45, 7) is 0. The third-order valence-electron chi connectivity index (χ3n) is 3.86. The van der Waals surface area contributed by atoms with Gasteiger partial charge in [-0.05, 0) is 29.8 Å². The first-order chi connectivity index (χ1) is 12.3. The third-order valence-corrected chi connectivity index (χ3v) is 3.86. The largest absolute Gasteiger partial charge is 0.446 e. The number of fused-ring (bicyclic) bond motifs is 1. The van der Waals surface area contributed by atoms with Gasteiger partial charge in [0, 0.05) is 18.6 Å². The summed E-state index contributed by atoms with van der Waals surface area (Å²) in [4.78, 5) is 21.3. The van der Waals surface area contributed by atoms with Crippen LogP contribution in [0.1, 0.15) is 27.8 Å². The zero-order valence-corrected chi connectivity index (χ0v) is 13.3. The summed E-state index contributed by atoms with van der Waals surface area (Å²) >= 11 is 0. The Kier molecular flexibility index (Phi) is 3.96. The lowest BCUT2D eigenvalue weighted by molar-refractivity contribution is 0.0364. The topological polar surface area (TPSA) is 56.5 Å². The first-order valence-corrected chi connectivity index (χ1v) is 7.92. The highest BCUT2D eigenvalue weighted by molar-refractivity contribution is 5.88. The number of hydrogen-bond acceptors (Lipinski definition) is 4. The molecule has 5 nitrogen and oxygen atoms in total. The molecule has 25 heavy (non-hydrogen) atoms. The lowest BCUT2D eigenvalue weighted by Gasteiger charge is -2.17. The summed E-state index contributed by atoms with van der Waals surface area (Å²) in [7, 11) is 0. The van der Waals surface area contributed by atoms with Crippen molar-refractivity contribution >= 4 is 11.6 Å². The number of hydrogen-bond donors (Lipinski definition) is 0. The monoisotopic (exact) mass is 329 g/mol. The van der Waals surface area contributed by atoms with E-state index in [-0.39, 0.29) is 5.69 Å². The second-order valence-electron chi connectivity index (χ2n) is 5.54. The molecule has 0 aliphatic heterocycles. The Morgan fingerprint density at radius 3 is 2.52 bits per heavy atom. The zero-order chi connectivity index (χ0) is 17.1. The van der Waals surface area contributed by atoms with Gasteiger partial charge in [0.05, 0.1) is 5.69 Å². The standard InChI is InChI=1S/C20H15N3O2/c24-20(17-14-23-13-7-5-11-18(23)22-17)25-19(15-8-2-1-3-9-15)16-10-4-6-12-21-16/h1-14,19H/t19-/m0/s1. The molecule has 5 heteroatoms. The summed E-state index contributed by atoms with van der Waals surface area (Å²) in [6.07, 6.45) is 4.61. The number of benzene rings is 1. The number of ether oxygens (including phenoxy) is 1. The molecule has 0 unspecified atom stereocenters. The van der Waals surface area contributed by atoms with Crippen LogP contribution in [-0.2, 0) is 4.74 Å². The van der Waals surface area contributed by atoms with Crippen molar-refractivity contribution in [1.82, 2.24) is 14.4 Å². The van der Waals surface area contributed by atoms with Gasteiger partial charge in [-0.3, -0.25) is 4.98 Å². The minimum atomic E-state index is -0.584. The van der Waals surface area contributed by atoms with Crippen LogP contribution in [0.2, 0.25) is 0 Å². The maximum Gasteiger partial charge on any atom is 0.359 e. The Hall–Kier alpha value is -3.47. The summed E-state index contributed by atoms with van der Waals surface area (Å²) in [5.41, 5.74) is 2.50. The Labute approximate surface area is 144 Å². The molecular formula is C20H15N3O2. The maximum atomic E-state index is 12.6. The van der Waals surface area contributed by atoms with E-state index in [2.05, 4.69) is 9.97 Å². The molecular weight excluding hydrogens is 314 g/mol. The van der Waals surface area contributed by atoms with E-state index in [9.17, 15) is 4.79 Å². The van der Waals surface area contributed by atoms with E-state index in [0.29, 0.717) is 11.3 Å². The van der Waals surface area contributed by atoms with Gasteiger partial charge in [-0.2, -0.15) is 0 Å². The fourth-order valence-electron chi connectivity index (χ4n) is 2.66. The number of carbonyl (C=O) groups excluding carboxylic acids is 1. The van der Waals surface area contributed by atoms with Crippen LogP contribution in [0.3, 0.4) is 0 Å². The highest BCUT2D eigenvalue weighted by Gasteiger charge is 2.22. The molecule has 0 saturated heterocycles. The highest BCUT2D eigenvalue weighted by atomic mass is 16.5. The molecule has 122 valence electrons. The van der Waals surface area contributed by atoms with Gasteiger partial charge in [0.2, 0.25) is 0 Å². The molecule has 4 rings (SSSR count). The van der Waals surface area contributed by atoms with E-state index in [1.165, 1.54) is 0 Å². The first kappa shape index (κ1) is 15.1. The van der Waals surface area contributed by atoms with Crippen LogP contribution in [-0.4, -0.2) is 20.3 Å². The second-order valence-corrected chi connectivity index (χ2v) is 5.54. The fraction of sp³-hybridized carbons (Fsp3) is 0.0500. The molecule has 4 aromatic rings. The lowest BCUT2D eigenvalue weighted by atomic mass is 10.1. The number of imidazole rings is 1. The average molecular weight is 329 g/mol. The Morgan fingerprint density at radius 1 is 0.960 bits per heavy atom. The lowest BCUT2D eigenvalue weighted by Crippen LogP contribution is -2.14. The van der Waals surface area contributed by atoms with Crippen LogP contribution < -0.4 is 0 Å². The summed E-state index contributed by atoms with van der Waals surface area (Å²) in [5.74, 6) is -0.483. The summed E-state index contributed by atoms with van der Waals surface area (Å²) in [5, 5.41) is 0. The number of nitrogens with zero attached hydrogens (tertiary/aromatic N) is 3. The molecule has 0 radical (unpaired) electrons. The van der Waals surface area contributed by atoms with E-state index in [0.717, 1.165) is 5.56 Å². The van der Waals surface area contributed by atoms with Crippen molar-refractivity contribution in [2.75, 3.05) is 0 Å². The van der Waals surface area contributed by atoms with Gasteiger partial charge in [0.15, 0.2) is 11.8 Å². The molecule has 0 aliphatic rings. The second kappa shape index (κ2) is 6.57. The summed E-state index contributed by atoms with van der Waals surface area (Å²) in [6, 6.07) is 20.7. The van der Waals surface area contributed by atoms with Crippen molar-refractivity contribution in [1.29, 1.82) is 0 Å². The van der Waals surface area contributed by atoms with Crippen molar-refractivity contribution < 1.29 is 9.53 Å². The molecule has 0 bridgehead atoms. The van der Waals surface area contributed by atoms with Gasteiger partial charge in [-0.1, -0.05) is 42.5 Å². The smallest absolute Gasteiger partial charge is 0.359 e. The van der Waals surface area contributed by atoms with E-state index in [1.807, 2.05) is 72.9 Å². The molecule has 0 saturated carbocycles. The predicted molar refractivity (Wildman–Crippen MR) is 93.1 cm³/mol. The number of rotatable bonds is 4. The van der Waals surface area contributed by atoms with E-state index in [1.54, 1.807) is 16.8 Å². The van der Waals surface area contributed by atoms with Crippen LogP contribution in [0.15, 0.2) is 85.3 Å². The molecule has 3 aromatic heterocycles. The van der Waals surface area contributed by atoms with Crippen LogP contribution >= 0.6 is 0 Å². The van der Waals surface area contributed by atoms with Crippen molar-refractivity contribution in [3.8, 4) is 0 Å². The predicted octanol–water partition coefficient (Wildman–Crippen LogP) is 3.68. The maximum absolute atomic E-state index is 12.6. The quantitative estimate of drug-likeness (QED) is 0.536. The molecule has 0 spiro atoms.